The lowest BCUT2D eigenvalue weighted by atomic mass is 10.1. The summed E-state index contributed by atoms with van der Waals surface area (Å²) in [5, 5.41) is 19.4. The Kier molecular flexibility index (Phi) is 9.33. The van der Waals surface area contributed by atoms with Gasteiger partial charge in [0.25, 0.3) is 0 Å². The summed E-state index contributed by atoms with van der Waals surface area (Å²) in [5.74, 6) is 0.758. The Morgan fingerprint density at radius 3 is 2.58 bits per heavy atom. The molecule has 1 heterocycles. The van der Waals surface area contributed by atoms with Crippen molar-refractivity contribution in [1.82, 2.24) is 15.1 Å². The SMILES string of the molecule is Cc1nn(Cc2ccccc2)c2cc(OCCNCC(O)c3cccc(NS(C)(=O)=O)c3)ccc12.Cl. The van der Waals surface area contributed by atoms with Crippen LogP contribution < -0.4 is 14.8 Å². The number of anilines is 1. The molecule has 10 heteroatoms. The van der Waals surface area contributed by atoms with Gasteiger partial charge in [-0.15, -0.1) is 12.4 Å². The highest BCUT2D eigenvalue weighted by Gasteiger charge is 2.11. The van der Waals surface area contributed by atoms with E-state index in [4.69, 9.17) is 9.84 Å². The summed E-state index contributed by atoms with van der Waals surface area (Å²) < 4.78 is 33.2. The van der Waals surface area contributed by atoms with Crippen LogP contribution in [0.4, 0.5) is 5.69 Å². The Balaban J connectivity index is 0.00000361. The second-order valence-electron chi connectivity index (χ2n) is 8.48. The molecule has 3 aromatic carbocycles. The van der Waals surface area contributed by atoms with Gasteiger partial charge in [0, 0.05) is 30.2 Å². The number of aliphatic hydroxyl groups excluding tert-OH is 1. The molecule has 0 spiro atoms. The molecule has 0 aliphatic heterocycles. The van der Waals surface area contributed by atoms with E-state index in [2.05, 4.69) is 22.2 Å². The molecule has 0 aliphatic carbocycles. The number of aryl methyl sites for hydroxylation is 1. The van der Waals surface area contributed by atoms with E-state index in [1.54, 1.807) is 24.3 Å². The predicted molar refractivity (Wildman–Crippen MR) is 145 cm³/mol. The van der Waals surface area contributed by atoms with Gasteiger partial charge in [0.05, 0.1) is 30.1 Å². The van der Waals surface area contributed by atoms with Gasteiger partial charge in [0.15, 0.2) is 0 Å². The third-order valence-corrected chi connectivity index (χ3v) is 6.15. The predicted octanol–water partition coefficient (Wildman–Crippen LogP) is 3.89. The number of hydrogen-bond donors (Lipinski definition) is 3. The number of hydrogen-bond acceptors (Lipinski definition) is 6. The molecule has 0 bridgehead atoms. The summed E-state index contributed by atoms with van der Waals surface area (Å²) in [6, 6.07) is 22.9. The van der Waals surface area contributed by atoms with Crippen LogP contribution in [0.1, 0.15) is 22.9 Å². The van der Waals surface area contributed by atoms with Crippen LogP contribution in [0.3, 0.4) is 0 Å². The molecular weight excluding hydrogens is 500 g/mol. The van der Waals surface area contributed by atoms with E-state index in [1.165, 1.54) is 5.56 Å². The molecule has 0 amide bonds. The van der Waals surface area contributed by atoms with Crippen molar-refractivity contribution in [2.75, 3.05) is 30.7 Å². The zero-order chi connectivity index (χ0) is 24.8. The van der Waals surface area contributed by atoms with Crippen LogP contribution >= 0.6 is 12.4 Å². The van der Waals surface area contributed by atoms with Crippen LogP contribution in [-0.2, 0) is 16.6 Å². The van der Waals surface area contributed by atoms with Crippen molar-refractivity contribution in [3.63, 3.8) is 0 Å². The Morgan fingerprint density at radius 2 is 1.83 bits per heavy atom. The molecule has 1 atom stereocenters. The number of ether oxygens (including phenoxy) is 1. The Labute approximate surface area is 217 Å². The summed E-state index contributed by atoms with van der Waals surface area (Å²) in [6.07, 6.45) is 0.316. The first kappa shape index (κ1) is 27.5. The van der Waals surface area contributed by atoms with Gasteiger partial charge in [-0.3, -0.25) is 9.40 Å². The lowest BCUT2D eigenvalue weighted by Gasteiger charge is -2.14. The molecule has 0 saturated carbocycles. The normalized spacial score (nSPS) is 12.2. The van der Waals surface area contributed by atoms with Crippen LogP contribution in [0.5, 0.6) is 5.75 Å². The van der Waals surface area contributed by atoms with Crippen LogP contribution in [0, 0.1) is 6.92 Å². The van der Waals surface area contributed by atoms with Crippen LogP contribution in [0.2, 0.25) is 0 Å². The summed E-state index contributed by atoms with van der Waals surface area (Å²) in [6.45, 7) is 3.98. The Bertz CT molecular complexity index is 1390. The summed E-state index contributed by atoms with van der Waals surface area (Å²) in [4.78, 5) is 0. The van der Waals surface area contributed by atoms with Gasteiger partial charge in [0.1, 0.15) is 12.4 Å². The van der Waals surface area contributed by atoms with E-state index >= 15 is 0 Å². The smallest absolute Gasteiger partial charge is 0.229 e. The molecule has 0 fully saturated rings. The fourth-order valence-electron chi connectivity index (χ4n) is 3.91. The first-order valence-electron chi connectivity index (χ1n) is 11.4. The maximum atomic E-state index is 11.4. The van der Waals surface area contributed by atoms with Gasteiger partial charge < -0.3 is 15.2 Å². The maximum absolute atomic E-state index is 11.4. The fraction of sp³-hybridized carbons (Fsp3) is 0.269. The number of nitrogens with one attached hydrogen (secondary N) is 2. The van der Waals surface area contributed by atoms with Gasteiger partial charge >= 0.3 is 0 Å². The number of aromatic nitrogens is 2. The first-order chi connectivity index (χ1) is 16.8. The van der Waals surface area contributed by atoms with E-state index in [-0.39, 0.29) is 12.4 Å². The van der Waals surface area contributed by atoms with Crippen molar-refractivity contribution in [2.24, 2.45) is 0 Å². The van der Waals surface area contributed by atoms with Crippen LogP contribution in [-0.4, -0.2) is 49.3 Å². The zero-order valence-corrected chi connectivity index (χ0v) is 21.8. The quantitative estimate of drug-likeness (QED) is 0.254. The molecule has 4 rings (SSSR count). The van der Waals surface area contributed by atoms with E-state index in [0.29, 0.717) is 37.5 Å². The van der Waals surface area contributed by atoms with Crippen molar-refractivity contribution < 1.29 is 18.3 Å². The summed E-state index contributed by atoms with van der Waals surface area (Å²) in [7, 11) is -3.37. The third kappa shape index (κ3) is 7.44. The summed E-state index contributed by atoms with van der Waals surface area (Å²) >= 11 is 0. The van der Waals surface area contributed by atoms with Crippen molar-refractivity contribution >= 4 is 39.0 Å². The Hall–Kier alpha value is -3.11. The molecular formula is C26H31ClN4O4S. The highest BCUT2D eigenvalue weighted by Crippen LogP contribution is 2.24. The molecule has 1 unspecified atom stereocenters. The molecule has 1 aromatic heterocycles. The number of fused-ring (bicyclic) bond motifs is 1. The van der Waals surface area contributed by atoms with Crippen molar-refractivity contribution in [1.29, 1.82) is 0 Å². The van der Waals surface area contributed by atoms with Gasteiger partial charge in [-0.1, -0.05) is 42.5 Å². The van der Waals surface area contributed by atoms with Gasteiger partial charge in [-0.2, -0.15) is 5.10 Å². The topological polar surface area (TPSA) is 105 Å². The number of halogens is 1. The minimum atomic E-state index is -3.37. The number of rotatable bonds is 11. The number of nitrogens with zero attached hydrogens (tertiary/aromatic N) is 2. The second kappa shape index (κ2) is 12.2. The lowest BCUT2D eigenvalue weighted by molar-refractivity contribution is 0.172. The minimum absolute atomic E-state index is 0. The van der Waals surface area contributed by atoms with E-state index in [0.717, 1.165) is 28.6 Å². The standard InChI is InChI=1S/C26H30N4O4S.ClH/c1-19-24-12-11-23(16-25(24)30(28-19)18-20-7-4-3-5-8-20)34-14-13-27-17-26(31)21-9-6-10-22(15-21)29-35(2,32)33;/h3-12,15-16,26-27,29,31H,13-14,17-18H2,1-2H3;1H. The monoisotopic (exact) mass is 530 g/mol. The highest BCUT2D eigenvalue weighted by atomic mass is 35.5. The van der Waals surface area contributed by atoms with E-state index < -0.39 is 16.1 Å². The van der Waals surface area contributed by atoms with Crippen LogP contribution in [0.15, 0.2) is 72.8 Å². The molecule has 3 N–H and O–H groups in total. The van der Waals surface area contributed by atoms with Crippen molar-refractivity contribution in [3.05, 3.63) is 89.6 Å². The average molecular weight is 531 g/mol. The number of aliphatic hydroxyl groups is 1. The second-order valence-corrected chi connectivity index (χ2v) is 10.2. The average Bonchev–Trinajstić information content (AvgIpc) is 3.13. The zero-order valence-electron chi connectivity index (χ0n) is 20.2. The van der Waals surface area contributed by atoms with Crippen LogP contribution in [0.25, 0.3) is 10.9 Å². The van der Waals surface area contributed by atoms with Crippen molar-refractivity contribution in [2.45, 2.75) is 19.6 Å². The van der Waals surface area contributed by atoms with Gasteiger partial charge in [-0.05, 0) is 42.3 Å². The highest BCUT2D eigenvalue weighted by molar-refractivity contribution is 7.92. The molecule has 192 valence electrons. The number of benzene rings is 3. The third-order valence-electron chi connectivity index (χ3n) is 5.54. The number of sulfonamides is 1. The molecule has 8 nitrogen and oxygen atoms in total. The molecule has 0 saturated heterocycles. The fourth-order valence-corrected chi connectivity index (χ4v) is 4.46. The first-order valence-corrected chi connectivity index (χ1v) is 13.3. The van der Waals surface area contributed by atoms with Crippen molar-refractivity contribution in [3.8, 4) is 5.75 Å². The molecule has 0 aliphatic rings. The van der Waals surface area contributed by atoms with Gasteiger partial charge in [-0.25, -0.2) is 8.42 Å². The largest absolute Gasteiger partial charge is 0.492 e. The summed E-state index contributed by atoms with van der Waals surface area (Å²) in [5.41, 5.74) is 4.23. The molecule has 4 aromatic rings. The molecule has 0 radical (unpaired) electrons. The van der Waals surface area contributed by atoms with E-state index in [1.807, 2.05) is 48.0 Å². The minimum Gasteiger partial charge on any atom is -0.492 e. The van der Waals surface area contributed by atoms with E-state index in [9.17, 15) is 13.5 Å². The molecule has 36 heavy (non-hydrogen) atoms. The maximum Gasteiger partial charge on any atom is 0.229 e. The Morgan fingerprint density at radius 1 is 1.06 bits per heavy atom. The lowest BCUT2D eigenvalue weighted by Crippen LogP contribution is -2.26. The van der Waals surface area contributed by atoms with Gasteiger partial charge in [0.2, 0.25) is 10.0 Å².